The number of aromatic nitrogens is 4. The van der Waals surface area contributed by atoms with Crippen LogP contribution in [-0.4, -0.2) is 68.7 Å². The minimum absolute atomic E-state index is 0. The van der Waals surface area contributed by atoms with E-state index in [2.05, 4.69) is 37.1 Å². The second-order valence-electron chi connectivity index (χ2n) is 7.82. The molecule has 1 aliphatic rings. The fourth-order valence-electron chi connectivity index (χ4n) is 3.56. The lowest BCUT2D eigenvalue weighted by atomic mass is 9.97. The van der Waals surface area contributed by atoms with Gasteiger partial charge < -0.3 is 14.6 Å². The molecule has 1 N–H and O–H groups in total. The van der Waals surface area contributed by atoms with E-state index in [0.29, 0.717) is 12.5 Å². The third-order valence-electron chi connectivity index (χ3n) is 5.52. The normalized spacial score (nSPS) is 15.8. The monoisotopic (exact) mass is 530 g/mol. The Labute approximate surface area is 196 Å². The highest BCUT2D eigenvalue weighted by molar-refractivity contribution is 14.0. The predicted molar refractivity (Wildman–Crippen MR) is 128 cm³/mol. The van der Waals surface area contributed by atoms with Crippen molar-refractivity contribution in [3.8, 4) is 0 Å². The van der Waals surface area contributed by atoms with Gasteiger partial charge in [-0.2, -0.15) is 5.10 Å². The molecule has 168 valence electrons. The van der Waals surface area contributed by atoms with Crippen molar-refractivity contribution in [1.82, 2.24) is 34.9 Å². The lowest BCUT2D eigenvalue weighted by Crippen LogP contribution is -2.40. The Morgan fingerprint density at radius 3 is 2.63 bits per heavy atom. The van der Waals surface area contributed by atoms with Crippen molar-refractivity contribution in [3.05, 3.63) is 29.5 Å². The Morgan fingerprint density at radius 1 is 1.33 bits per heavy atom. The zero-order valence-electron chi connectivity index (χ0n) is 18.8. The molecule has 0 aliphatic carbocycles. The Bertz CT molecular complexity index is 790. The maximum absolute atomic E-state index is 5.73. The zero-order valence-corrected chi connectivity index (χ0v) is 21.1. The summed E-state index contributed by atoms with van der Waals surface area (Å²) in [6.45, 7) is 11.3. The number of halogens is 1. The molecule has 0 radical (unpaired) electrons. The van der Waals surface area contributed by atoms with E-state index in [4.69, 9.17) is 9.41 Å². The summed E-state index contributed by atoms with van der Waals surface area (Å²) in [6.07, 6.45) is 3.88. The summed E-state index contributed by atoms with van der Waals surface area (Å²) in [5, 5.41) is 7.53. The van der Waals surface area contributed by atoms with Gasteiger partial charge in [0.1, 0.15) is 17.9 Å². The van der Waals surface area contributed by atoms with Gasteiger partial charge in [0, 0.05) is 27.2 Å². The van der Waals surface area contributed by atoms with E-state index >= 15 is 0 Å². The SMILES string of the molecule is CCNC(=NCC1CCN(Cc2nc(C)c(C)o2)CC1)N(C)Cc1ncnn1C.I. The van der Waals surface area contributed by atoms with Crippen LogP contribution in [0.1, 0.15) is 42.9 Å². The van der Waals surface area contributed by atoms with E-state index in [1.165, 1.54) is 0 Å². The van der Waals surface area contributed by atoms with Crippen molar-refractivity contribution >= 4 is 29.9 Å². The number of aryl methyl sites for hydroxylation is 3. The highest BCUT2D eigenvalue weighted by Crippen LogP contribution is 2.20. The Morgan fingerprint density at radius 2 is 2.07 bits per heavy atom. The fourth-order valence-corrected chi connectivity index (χ4v) is 3.56. The molecule has 9 nitrogen and oxygen atoms in total. The van der Waals surface area contributed by atoms with Crippen LogP contribution in [0, 0.1) is 19.8 Å². The molecule has 1 fully saturated rings. The van der Waals surface area contributed by atoms with Gasteiger partial charge in [0.2, 0.25) is 5.89 Å². The summed E-state index contributed by atoms with van der Waals surface area (Å²) < 4.78 is 7.53. The third-order valence-corrected chi connectivity index (χ3v) is 5.52. The smallest absolute Gasteiger partial charge is 0.208 e. The second kappa shape index (κ2) is 11.6. The van der Waals surface area contributed by atoms with E-state index in [1.54, 1.807) is 11.0 Å². The number of oxazole rings is 1. The first kappa shape index (κ1) is 24.6. The van der Waals surface area contributed by atoms with E-state index in [0.717, 1.165) is 74.7 Å². The standard InChI is InChI=1S/C20H34N8O.HI/c1-6-21-20(26(4)12-18-23-14-24-27(18)5)22-11-17-7-9-28(10-8-17)13-19-25-15(2)16(3)29-19;/h14,17H,6-13H2,1-5H3,(H,21,22);1H. The molecule has 2 aromatic heterocycles. The number of hydrogen-bond acceptors (Lipinski definition) is 6. The van der Waals surface area contributed by atoms with Gasteiger partial charge in [-0.15, -0.1) is 24.0 Å². The molecule has 0 unspecified atom stereocenters. The van der Waals surface area contributed by atoms with Gasteiger partial charge in [0.25, 0.3) is 0 Å². The van der Waals surface area contributed by atoms with E-state index in [9.17, 15) is 0 Å². The van der Waals surface area contributed by atoms with Crippen molar-refractivity contribution in [2.45, 2.75) is 46.7 Å². The third kappa shape index (κ3) is 6.66. The molecular formula is C20H35IN8O. The fraction of sp³-hybridized carbons (Fsp3) is 0.700. The van der Waals surface area contributed by atoms with Crippen LogP contribution < -0.4 is 5.32 Å². The van der Waals surface area contributed by atoms with Crippen LogP contribution in [0.25, 0.3) is 0 Å². The van der Waals surface area contributed by atoms with Crippen molar-refractivity contribution in [2.24, 2.45) is 18.0 Å². The molecule has 1 saturated heterocycles. The minimum atomic E-state index is 0. The van der Waals surface area contributed by atoms with Crippen LogP contribution in [0.5, 0.6) is 0 Å². The molecular weight excluding hydrogens is 495 g/mol. The molecule has 0 saturated carbocycles. The summed E-state index contributed by atoms with van der Waals surface area (Å²) in [4.78, 5) is 18.2. The number of aliphatic imine (C=N–C) groups is 1. The van der Waals surface area contributed by atoms with Crippen LogP contribution in [0.4, 0.5) is 0 Å². The summed E-state index contributed by atoms with van der Waals surface area (Å²) >= 11 is 0. The van der Waals surface area contributed by atoms with Crippen LogP contribution >= 0.6 is 24.0 Å². The van der Waals surface area contributed by atoms with E-state index in [-0.39, 0.29) is 24.0 Å². The first-order valence-corrected chi connectivity index (χ1v) is 10.4. The molecule has 30 heavy (non-hydrogen) atoms. The average Bonchev–Trinajstić information content (AvgIpc) is 3.24. The summed E-state index contributed by atoms with van der Waals surface area (Å²) in [5.41, 5.74) is 0.991. The van der Waals surface area contributed by atoms with Crippen LogP contribution in [-0.2, 0) is 20.1 Å². The second-order valence-corrected chi connectivity index (χ2v) is 7.82. The summed E-state index contributed by atoms with van der Waals surface area (Å²) in [7, 11) is 3.95. The predicted octanol–water partition coefficient (Wildman–Crippen LogP) is 2.35. The van der Waals surface area contributed by atoms with Crippen LogP contribution in [0.15, 0.2) is 15.7 Å². The molecule has 0 aromatic carbocycles. The molecule has 0 amide bonds. The van der Waals surface area contributed by atoms with E-state index in [1.807, 2.05) is 27.9 Å². The van der Waals surface area contributed by atoms with Crippen LogP contribution in [0.2, 0.25) is 0 Å². The number of rotatable bonds is 7. The number of nitrogens with one attached hydrogen (secondary N) is 1. The van der Waals surface area contributed by atoms with Gasteiger partial charge in [0.15, 0.2) is 5.96 Å². The number of hydrogen-bond donors (Lipinski definition) is 1. The van der Waals surface area contributed by atoms with Crippen molar-refractivity contribution in [3.63, 3.8) is 0 Å². The quantitative estimate of drug-likeness (QED) is 0.334. The Balaban J connectivity index is 0.00000320. The number of guanidine groups is 1. The lowest BCUT2D eigenvalue weighted by molar-refractivity contribution is 0.166. The molecule has 0 spiro atoms. The summed E-state index contributed by atoms with van der Waals surface area (Å²) in [6, 6.07) is 0. The van der Waals surface area contributed by atoms with E-state index < -0.39 is 0 Å². The summed E-state index contributed by atoms with van der Waals surface area (Å²) in [5.74, 6) is 4.20. The molecule has 2 aromatic rings. The van der Waals surface area contributed by atoms with Gasteiger partial charge in [-0.25, -0.2) is 9.97 Å². The Kier molecular flexibility index (Phi) is 9.53. The van der Waals surface area contributed by atoms with Gasteiger partial charge >= 0.3 is 0 Å². The molecule has 10 heteroatoms. The average molecular weight is 530 g/mol. The highest BCUT2D eigenvalue weighted by Gasteiger charge is 2.21. The number of nitrogens with zero attached hydrogens (tertiary/aromatic N) is 7. The zero-order chi connectivity index (χ0) is 20.8. The highest BCUT2D eigenvalue weighted by atomic mass is 127. The molecule has 3 rings (SSSR count). The first-order valence-electron chi connectivity index (χ1n) is 10.4. The minimum Gasteiger partial charge on any atom is -0.444 e. The maximum atomic E-state index is 5.73. The molecule has 1 aliphatic heterocycles. The molecule has 0 atom stereocenters. The van der Waals surface area contributed by atoms with Crippen molar-refractivity contribution < 1.29 is 4.42 Å². The molecule has 3 heterocycles. The lowest BCUT2D eigenvalue weighted by Gasteiger charge is -2.30. The maximum Gasteiger partial charge on any atom is 0.208 e. The molecule has 0 bridgehead atoms. The topological polar surface area (TPSA) is 87.6 Å². The largest absolute Gasteiger partial charge is 0.444 e. The van der Waals surface area contributed by atoms with Gasteiger partial charge in [-0.3, -0.25) is 14.6 Å². The van der Waals surface area contributed by atoms with Gasteiger partial charge in [-0.1, -0.05) is 0 Å². The number of likely N-dealkylation sites (tertiary alicyclic amines) is 1. The van der Waals surface area contributed by atoms with Crippen molar-refractivity contribution in [1.29, 1.82) is 0 Å². The van der Waals surface area contributed by atoms with Crippen LogP contribution in [0.3, 0.4) is 0 Å². The number of piperidine rings is 1. The Hall–Kier alpha value is -1.69. The van der Waals surface area contributed by atoms with Gasteiger partial charge in [-0.05, 0) is 52.6 Å². The van der Waals surface area contributed by atoms with Crippen molar-refractivity contribution in [2.75, 3.05) is 33.2 Å². The first-order chi connectivity index (χ1) is 14.0. The van der Waals surface area contributed by atoms with Gasteiger partial charge in [0.05, 0.1) is 18.8 Å².